The third-order valence-corrected chi connectivity index (χ3v) is 3.07. The Hall–Kier alpha value is -1.69. The van der Waals surface area contributed by atoms with Crippen LogP contribution in [0.1, 0.15) is 20.8 Å². The Morgan fingerprint density at radius 3 is 2.68 bits per heavy atom. The first-order chi connectivity index (χ1) is 8.77. The highest BCUT2D eigenvalue weighted by Crippen LogP contribution is 2.18. The van der Waals surface area contributed by atoms with Crippen LogP contribution in [0.5, 0.6) is 0 Å². The minimum absolute atomic E-state index is 0.166. The molecule has 0 bridgehead atoms. The smallest absolute Gasteiger partial charge is 0.260 e. The van der Waals surface area contributed by atoms with Crippen LogP contribution in [-0.2, 0) is 4.79 Å². The lowest BCUT2D eigenvalue weighted by Crippen LogP contribution is -2.29. The van der Waals surface area contributed by atoms with Crippen LogP contribution < -0.4 is 10.9 Å². The molecular weight excluding hydrogens is 310 g/mol. The minimum atomic E-state index is -0.548. The molecule has 0 unspecified atom stereocenters. The Morgan fingerprint density at radius 2 is 2.05 bits per heavy atom. The summed E-state index contributed by atoms with van der Waals surface area (Å²) in [6.45, 7) is 5.37. The van der Waals surface area contributed by atoms with E-state index in [4.69, 9.17) is 0 Å². The van der Waals surface area contributed by atoms with Gasteiger partial charge in [0.2, 0.25) is 11.9 Å². The maximum absolute atomic E-state index is 11.9. The zero-order chi connectivity index (χ0) is 14.2. The van der Waals surface area contributed by atoms with Crippen LogP contribution in [0, 0.1) is 5.41 Å². The molecule has 5 nitrogen and oxygen atoms in total. The number of nitrogens with zero attached hydrogens (tertiary/aromatic N) is 1. The maximum atomic E-state index is 11.9. The van der Waals surface area contributed by atoms with E-state index >= 15 is 0 Å². The number of nitrogens with one attached hydrogen (secondary N) is 2. The van der Waals surface area contributed by atoms with E-state index in [1.807, 2.05) is 0 Å². The molecule has 2 aromatic rings. The summed E-state index contributed by atoms with van der Waals surface area (Å²) in [5.41, 5.74) is -0.292. The van der Waals surface area contributed by atoms with E-state index in [1.165, 1.54) is 0 Å². The number of anilines is 1. The van der Waals surface area contributed by atoms with Crippen molar-refractivity contribution < 1.29 is 4.79 Å². The average molecular weight is 324 g/mol. The van der Waals surface area contributed by atoms with Gasteiger partial charge in [-0.05, 0) is 18.2 Å². The average Bonchev–Trinajstić information content (AvgIpc) is 2.29. The van der Waals surface area contributed by atoms with Gasteiger partial charge in [0.15, 0.2) is 0 Å². The Bertz CT molecular complexity index is 701. The number of carbonyl (C=O) groups excluding carboxylic acids is 1. The largest absolute Gasteiger partial charge is 0.296 e. The molecule has 0 radical (unpaired) electrons. The molecule has 100 valence electrons. The number of halogens is 1. The highest BCUT2D eigenvalue weighted by molar-refractivity contribution is 9.10. The molecule has 0 atom stereocenters. The van der Waals surface area contributed by atoms with Crippen molar-refractivity contribution in [3.8, 4) is 0 Å². The first-order valence-electron chi connectivity index (χ1n) is 5.78. The van der Waals surface area contributed by atoms with Crippen molar-refractivity contribution in [1.29, 1.82) is 0 Å². The van der Waals surface area contributed by atoms with Crippen LogP contribution in [0.4, 0.5) is 5.95 Å². The zero-order valence-corrected chi connectivity index (χ0v) is 12.5. The number of carbonyl (C=O) groups is 1. The topological polar surface area (TPSA) is 74.8 Å². The van der Waals surface area contributed by atoms with E-state index in [0.717, 1.165) is 4.47 Å². The van der Waals surface area contributed by atoms with Gasteiger partial charge in [-0.1, -0.05) is 36.7 Å². The van der Waals surface area contributed by atoms with Crippen molar-refractivity contribution in [2.45, 2.75) is 20.8 Å². The molecule has 0 saturated heterocycles. The van der Waals surface area contributed by atoms with Crippen molar-refractivity contribution in [2.24, 2.45) is 5.41 Å². The monoisotopic (exact) mass is 323 g/mol. The molecule has 0 spiro atoms. The van der Waals surface area contributed by atoms with Crippen LogP contribution in [0.15, 0.2) is 27.5 Å². The summed E-state index contributed by atoms with van der Waals surface area (Å²) in [6.07, 6.45) is 0. The van der Waals surface area contributed by atoms with Crippen molar-refractivity contribution in [1.82, 2.24) is 9.97 Å². The molecule has 0 aliphatic carbocycles. The molecule has 0 aliphatic heterocycles. The molecule has 1 aromatic heterocycles. The van der Waals surface area contributed by atoms with E-state index in [2.05, 4.69) is 31.2 Å². The van der Waals surface area contributed by atoms with Crippen molar-refractivity contribution in [3.63, 3.8) is 0 Å². The molecule has 1 amide bonds. The summed E-state index contributed by atoms with van der Waals surface area (Å²) in [6, 6.07) is 5.21. The van der Waals surface area contributed by atoms with Gasteiger partial charge < -0.3 is 0 Å². The van der Waals surface area contributed by atoms with E-state index in [9.17, 15) is 9.59 Å². The lowest BCUT2D eigenvalue weighted by molar-refractivity contribution is -0.123. The third-order valence-electron chi connectivity index (χ3n) is 2.58. The van der Waals surface area contributed by atoms with Gasteiger partial charge in [0.25, 0.3) is 5.56 Å². The van der Waals surface area contributed by atoms with Gasteiger partial charge in [-0.15, -0.1) is 0 Å². The Kier molecular flexibility index (Phi) is 3.45. The van der Waals surface area contributed by atoms with E-state index in [0.29, 0.717) is 10.9 Å². The number of H-pyrrole nitrogens is 1. The molecule has 0 saturated carbocycles. The fraction of sp³-hybridized carbons (Fsp3) is 0.308. The minimum Gasteiger partial charge on any atom is -0.296 e. The van der Waals surface area contributed by atoms with Gasteiger partial charge in [-0.25, -0.2) is 4.98 Å². The highest BCUT2D eigenvalue weighted by Gasteiger charge is 2.22. The Morgan fingerprint density at radius 1 is 1.37 bits per heavy atom. The number of fused-ring (bicyclic) bond motifs is 1. The van der Waals surface area contributed by atoms with Crippen LogP contribution in [0.25, 0.3) is 10.9 Å². The molecule has 1 aromatic carbocycles. The lowest BCUT2D eigenvalue weighted by Gasteiger charge is -2.16. The fourth-order valence-electron chi connectivity index (χ4n) is 1.47. The highest BCUT2D eigenvalue weighted by atomic mass is 79.9. The molecular formula is C13H14BrN3O2. The Labute approximate surface area is 118 Å². The van der Waals surface area contributed by atoms with Crippen LogP contribution in [-0.4, -0.2) is 15.9 Å². The van der Waals surface area contributed by atoms with Crippen LogP contribution in [0.3, 0.4) is 0 Å². The molecule has 1 heterocycles. The number of amides is 1. The van der Waals surface area contributed by atoms with Crippen molar-refractivity contribution in [3.05, 3.63) is 33.0 Å². The first kappa shape index (κ1) is 13.7. The summed E-state index contributed by atoms with van der Waals surface area (Å²) in [5, 5.41) is 3.09. The quantitative estimate of drug-likeness (QED) is 0.847. The second-order valence-electron chi connectivity index (χ2n) is 5.28. The Balaban J connectivity index is 2.45. The SMILES string of the molecule is CC(C)(C)C(=O)Nc1nc2ccc(Br)cc2c(=O)[nH]1. The van der Waals surface area contributed by atoms with E-state index in [-0.39, 0.29) is 17.4 Å². The van der Waals surface area contributed by atoms with Gasteiger partial charge >= 0.3 is 0 Å². The van der Waals surface area contributed by atoms with Gasteiger partial charge in [-0.3, -0.25) is 19.9 Å². The second-order valence-corrected chi connectivity index (χ2v) is 6.20. The van der Waals surface area contributed by atoms with E-state index < -0.39 is 5.41 Å². The molecule has 0 fully saturated rings. The summed E-state index contributed by atoms with van der Waals surface area (Å²) in [5.74, 6) is -0.0353. The predicted octanol–water partition coefficient (Wildman–Crippen LogP) is 2.67. The number of hydrogen-bond acceptors (Lipinski definition) is 3. The van der Waals surface area contributed by atoms with Gasteiger partial charge in [-0.2, -0.15) is 0 Å². The number of benzene rings is 1. The zero-order valence-electron chi connectivity index (χ0n) is 10.9. The van der Waals surface area contributed by atoms with Gasteiger partial charge in [0, 0.05) is 9.89 Å². The van der Waals surface area contributed by atoms with Crippen molar-refractivity contribution in [2.75, 3.05) is 5.32 Å². The molecule has 2 rings (SSSR count). The van der Waals surface area contributed by atoms with E-state index in [1.54, 1.807) is 39.0 Å². The first-order valence-corrected chi connectivity index (χ1v) is 6.58. The standard InChI is InChI=1S/C13H14BrN3O2/c1-13(2,3)11(19)17-12-15-9-5-4-7(14)6-8(9)10(18)16-12/h4-6H,1-3H3,(H2,15,16,17,18,19). The summed E-state index contributed by atoms with van der Waals surface area (Å²) >= 11 is 3.30. The van der Waals surface area contributed by atoms with Crippen LogP contribution >= 0.6 is 15.9 Å². The van der Waals surface area contributed by atoms with Crippen LogP contribution in [0.2, 0.25) is 0 Å². The number of rotatable bonds is 1. The normalized spacial score (nSPS) is 11.6. The number of aromatic nitrogens is 2. The summed E-state index contributed by atoms with van der Waals surface area (Å²) in [4.78, 5) is 30.6. The number of hydrogen-bond donors (Lipinski definition) is 2. The molecule has 19 heavy (non-hydrogen) atoms. The summed E-state index contributed by atoms with van der Waals surface area (Å²) in [7, 11) is 0. The maximum Gasteiger partial charge on any atom is 0.260 e. The lowest BCUT2D eigenvalue weighted by atomic mass is 9.96. The van der Waals surface area contributed by atoms with Crippen molar-refractivity contribution >= 4 is 38.7 Å². The third kappa shape index (κ3) is 3.01. The molecule has 6 heteroatoms. The predicted molar refractivity (Wildman–Crippen MR) is 78.1 cm³/mol. The summed E-state index contributed by atoms with van der Waals surface area (Å²) < 4.78 is 0.804. The molecule has 0 aliphatic rings. The second kappa shape index (κ2) is 4.77. The number of aromatic amines is 1. The van der Waals surface area contributed by atoms with Gasteiger partial charge in [0.1, 0.15) is 0 Å². The fourth-order valence-corrected chi connectivity index (χ4v) is 1.83. The molecule has 2 N–H and O–H groups in total. The van der Waals surface area contributed by atoms with Gasteiger partial charge in [0.05, 0.1) is 10.9 Å².